The molecule has 0 fully saturated rings. The first-order chi connectivity index (χ1) is 12.8. The molecule has 0 unspecified atom stereocenters. The van der Waals surface area contributed by atoms with Gasteiger partial charge in [0, 0.05) is 0 Å². The predicted octanol–water partition coefficient (Wildman–Crippen LogP) is 3.45. The fourth-order valence-corrected chi connectivity index (χ4v) is 3.88. The van der Waals surface area contributed by atoms with Crippen molar-refractivity contribution in [2.75, 3.05) is 0 Å². The summed E-state index contributed by atoms with van der Waals surface area (Å²) in [5, 5.41) is 9.97. The Kier molecular flexibility index (Phi) is 15.3. The summed E-state index contributed by atoms with van der Waals surface area (Å²) in [5.74, 6) is 0.287. The second kappa shape index (κ2) is 16.8. The van der Waals surface area contributed by atoms with Crippen LogP contribution in [-0.4, -0.2) is 8.54 Å². The van der Waals surface area contributed by atoms with E-state index in [0.717, 1.165) is 24.0 Å². The summed E-state index contributed by atoms with van der Waals surface area (Å²) in [6.07, 6.45) is 18.7. The Morgan fingerprint density at radius 2 is 1.35 bits per heavy atom. The van der Waals surface area contributed by atoms with E-state index in [4.69, 9.17) is 6.50 Å². The maximum atomic E-state index is 9.97. The monoisotopic (exact) mass is 477 g/mol. The molecule has 0 aliphatic rings. The molecule has 2 N–H and O–H groups in total. The second-order valence-electron chi connectivity index (χ2n) is 7.23. The molecule has 0 aliphatic heterocycles. The third-order valence-corrected chi connectivity index (χ3v) is 5.64. The summed E-state index contributed by atoms with van der Waals surface area (Å²) < 4.78 is 14.1. The van der Waals surface area contributed by atoms with Crippen LogP contribution >= 0.6 is 0 Å². The first kappa shape index (κ1) is 23.7. The van der Waals surface area contributed by atoms with E-state index < -0.39 is 22.0 Å². The van der Waals surface area contributed by atoms with Gasteiger partial charge in [0.25, 0.3) is 0 Å². The standard InChI is InChI=1S/C22H38IO3/c1-2-3-4-5-6-7-8-9-10-11-12-13-14-16-20-17-15-18-22(24)21(20)19-26-23-25/h15,17-18,24-25H,2-14,16,19H2,1H3/q-1. The molecular weight excluding hydrogens is 439 g/mol. The number of hydrogen-bond donors (Lipinski definition) is 2. The Bertz CT molecular complexity index is 451. The maximum absolute atomic E-state index is 9.97. The molecule has 152 valence electrons. The minimum atomic E-state index is -1.19. The Balaban J connectivity index is 2.01. The number of unbranched alkanes of at least 4 members (excludes halogenated alkanes) is 12. The average molecular weight is 477 g/mol. The van der Waals surface area contributed by atoms with Gasteiger partial charge in [0.05, 0.1) is 0 Å². The molecule has 1 aromatic rings. The Morgan fingerprint density at radius 3 is 1.88 bits per heavy atom. The number of benzene rings is 1. The Morgan fingerprint density at radius 1 is 0.808 bits per heavy atom. The van der Waals surface area contributed by atoms with Gasteiger partial charge in [-0.25, -0.2) is 0 Å². The molecule has 0 saturated heterocycles. The van der Waals surface area contributed by atoms with Crippen molar-refractivity contribution in [1.82, 2.24) is 0 Å². The fourth-order valence-electron chi connectivity index (χ4n) is 3.43. The first-order valence-corrected chi connectivity index (χ1v) is 12.3. The number of aryl methyl sites for hydroxylation is 1. The van der Waals surface area contributed by atoms with Crippen LogP contribution in [0.15, 0.2) is 18.2 Å². The minimum absolute atomic E-state index is 0.287. The van der Waals surface area contributed by atoms with Crippen LogP contribution in [0.3, 0.4) is 0 Å². The van der Waals surface area contributed by atoms with Crippen molar-refractivity contribution in [2.45, 2.75) is 103 Å². The third-order valence-electron chi connectivity index (χ3n) is 5.05. The second-order valence-corrected chi connectivity index (χ2v) is 8.25. The van der Waals surface area contributed by atoms with Crippen LogP contribution in [0.25, 0.3) is 0 Å². The van der Waals surface area contributed by atoms with E-state index in [0.29, 0.717) is 6.61 Å². The summed E-state index contributed by atoms with van der Waals surface area (Å²) >= 11 is -1.19. The van der Waals surface area contributed by atoms with Crippen molar-refractivity contribution >= 4 is 0 Å². The Hall–Kier alpha value is -0.330. The normalized spacial score (nSPS) is 11.3. The van der Waals surface area contributed by atoms with E-state index in [1.807, 2.05) is 6.07 Å². The molecule has 0 bridgehead atoms. The van der Waals surface area contributed by atoms with Crippen molar-refractivity contribution in [3.63, 3.8) is 0 Å². The van der Waals surface area contributed by atoms with Crippen molar-refractivity contribution < 1.29 is 33.6 Å². The van der Waals surface area contributed by atoms with Crippen LogP contribution in [-0.2, 0) is 16.1 Å². The molecule has 0 spiro atoms. The van der Waals surface area contributed by atoms with E-state index in [1.165, 1.54) is 77.0 Å². The van der Waals surface area contributed by atoms with E-state index in [-0.39, 0.29) is 5.75 Å². The van der Waals surface area contributed by atoms with Gasteiger partial charge in [-0.1, -0.05) is 45.4 Å². The molecule has 1 aromatic carbocycles. The molecule has 0 radical (unpaired) electrons. The van der Waals surface area contributed by atoms with Gasteiger partial charge in [-0.15, -0.1) is 0 Å². The summed E-state index contributed by atoms with van der Waals surface area (Å²) in [6.45, 7) is 2.60. The van der Waals surface area contributed by atoms with Crippen molar-refractivity contribution in [3.8, 4) is 5.75 Å². The van der Waals surface area contributed by atoms with Crippen LogP contribution in [0.2, 0.25) is 0 Å². The molecular formula is C22H38IO3-. The molecule has 1 rings (SSSR count). The van der Waals surface area contributed by atoms with Gasteiger partial charge in [-0.05, 0) is 0 Å². The predicted molar refractivity (Wildman–Crippen MR) is 105 cm³/mol. The zero-order valence-corrected chi connectivity index (χ0v) is 18.7. The number of phenolic OH excluding ortho intramolecular Hbond substituents is 1. The third kappa shape index (κ3) is 11.4. The van der Waals surface area contributed by atoms with Gasteiger partial charge in [-0.2, -0.15) is 0 Å². The van der Waals surface area contributed by atoms with Gasteiger partial charge < -0.3 is 0 Å². The van der Waals surface area contributed by atoms with Crippen LogP contribution in [0.5, 0.6) is 5.75 Å². The van der Waals surface area contributed by atoms with Crippen molar-refractivity contribution in [1.29, 1.82) is 0 Å². The van der Waals surface area contributed by atoms with Crippen LogP contribution in [0.1, 0.15) is 102 Å². The molecule has 0 heterocycles. The summed E-state index contributed by atoms with van der Waals surface area (Å²) in [4.78, 5) is 0. The van der Waals surface area contributed by atoms with E-state index in [2.05, 4.69) is 13.0 Å². The van der Waals surface area contributed by atoms with Gasteiger partial charge in [0.1, 0.15) is 0 Å². The van der Waals surface area contributed by atoms with Crippen LogP contribution in [0, 0.1) is 0 Å². The Labute approximate surface area is 171 Å². The molecule has 0 aliphatic carbocycles. The molecule has 0 saturated carbocycles. The number of rotatable bonds is 17. The van der Waals surface area contributed by atoms with Crippen LogP contribution < -0.4 is 22.0 Å². The van der Waals surface area contributed by atoms with E-state index in [9.17, 15) is 5.11 Å². The first-order valence-electron chi connectivity index (χ1n) is 10.5. The van der Waals surface area contributed by atoms with E-state index >= 15 is 0 Å². The average Bonchev–Trinajstić information content (AvgIpc) is 2.65. The molecule has 0 atom stereocenters. The van der Waals surface area contributed by atoms with Crippen LogP contribution in [0.4, 0.5) is 0 Å². The molecule has 3 nitrogen and oxygen atoms in total. The van der Waals surface area contributed by atoms with Gasteiger partial charge in [0.15, 0.2) is 0 Å². The van der Waals surface area contributed by atoms with Crippen molar-refractivity contribution in [3.05, 3.63) is 29.3 Å². The zero-order chi connectivity index (χ0) is 18.9. The topological polar surface area (TPSA) is 49.7 Å². The fraction of sp³-hybridized carbons (Fsp3) is 0.727. The zero-order valence-electron chi connectivity index (χ0n) is 16.5. The molecule has 0 amide bonds. The van der Waals surface area contributed by atoms with Crippen molar-refractivity contribution in [2.24, 2.45) is 0 Å². The van der Waals surface area contributed by atoms with Gasteiger partial charge >= 0.3 is 127 Å². The quantitative estimate of drug-likeness (QED) is 0.267. The van der Waals surface area contributed by atoms with Gasteiger partial charge in [-0.3, -0.25) is 0 Å². The summed E-state index contributed by atoms with van der Waals surface area (Å²) in [6, 6.07) is 5.65. The molecule has 4 heteroatoms. The summed E-state index contributed by atoms with van der Waals surface area (Å²) in [7, 11) is 0. The molecule has 26 heavy (non-hydrogen) atoms. The van der Waals surface area contributed by atoms with Gasteiger partial charge in [0.2, 0.25) is 0 Å². The molecule has 0 aromatic heterocycles. The number of hydrogen-bond acceptors (Lipinski definition) is 3. The van der Waals surface area contributed by atoms with E-state index in [1.54, 1.807) is 6.07 Å². The SMILES string of the molecule is CCCCCCCCCCCCCCCc1cccc(O)c1CO[I-]O. The number of phenols is 1. The number of aromatic hydroxyl groups is 1. The number of halogens is 1. The summed E-state index contributed by atoms with van der Waals surface area (Å²) in [5.41, 5.74) is 2.01.